The molecule has 0 bridgehead atoms. The molecule has 0 heterocycles. The molecule has 0 aliphatic rings. The molecule has 0 saturated carbocycles. The van der Waals surface area contributed by atoms with E-state index in [1.54, 1.807) is 24.3 Å². The molecule has 2 rings (SSSR count). The van der Waals surface area contributed by atoms with Crippen LogP contribution >= 0.6 is 0 Å². The summed E-state index contributed by atoms with van der Waals surface area (Å²) in [6.45, 7) is 6.35. The fourth-order valence-corrected chi connectivity index (χ4v) is 2.86. The maximum atomic E-state index is 12.3. The fraction of sp³-hybridized carbons (Fsp3) is 0.294. The molecular formula is C17H20O4S. The third kappa shape index (κ3) is 4.24. The van der Waals surface area contributed by atoms with Gasteiger partial charge in [0.25, 0.3) is 0 Å². The van der Waals surface area contributed by atoms with Gasteiger partial charge in [-0.3, -0.25) is 0 Å². The number of ether oxygens (including phenoxy) is 1. The molecule has 5 heteroatoms. The van der Waals surface area contributed by atoms with Gasteiger partial charge in [-0.2, -0.15) is 8.42 Å². The van der Waals surface area contributed by atoms with Gasteiger partial charge in [-0.05, 0) is 50.1 Å². The Kier molecular flexibility index (Phi) is 5.08. The summed E-state index contributed by atoms with van der Waals surface area (Å²) in [6.07, 6.45) is 0.881. The lowest BCUT2D eigenvalue weighted by molar-refractivity contribution is 0.316. The summed E-state index contributed by atoms with van der Waals surface area (Å²) in [5.41, 5.74) is 1.87. The Morgan fingerprint density at radius 3 is 2.18 bits per heavy atom. The second-order valence-electron chi connectivity index (χ2n) is 5.18. The third-order valence-electron chi connectivity index (χ3n) is 3.01. The molecule has 0 unspecified atom stereocenters. The molecule has 0 N–H and O–H groups in total. The zero-order valence-electron chi connectivity index (χ0n) is 13.0. The van der Waals surface area contributed by atoms with Gasteiger partial charge in [0.2, 0.25) is 0 Å². The van der Waals surface area contributed by atoms with Crippen LogP contribution in [0.1, 0.15) is 24.5 Å². The van der Waals surface area contributed by atoms with Crippen molar-refractivity contribution < 1.29 is 17.3 Å². The number of hydrogen-bond donors (Lipinski definition) is 0. The summed E-state index contributed by atoms with van der Waals surface area (Å²) in [4.78, 5) is 0.135. The SMILES string of the molecule is CCCOc1cc(C)cc(OS(=O)(=O)c2ccc(C)cc2)c1. The maximum absolute atomic E-state index is 12.3. The molecule has 0 spiro atoms. The van der Waals surface area contributed by atoms with Crippen molar-refractivity contribution in [2.24, 2.45) is 0 Å². The molecule has 118 valence electrons. The molecule has 0 aromatic heterocycles. The molecule has 0 radical (unpaired) electrons. The standard InChI is InChI=1S/C17H20O4S/c1-4-9-20-15-10-14(3)11-16(12-15)21-22(18,19)17-7-5-13(2)6-8-17/h5-8,10-12H,4,9H2,1-3H3. The van der Waals surface area contributed by atoms with E-state index in [1.165, 1.54) is 12.1 Å². The number of rotatable bonds is 6. The molecule has 0 amide bonds. The van der Waals surface area contributed by atoms with Crippen LogP contribution in [0, 0.1) is 13.8 Å². The Labute approximate surface area is 131 Å². The summed E-state index contributed by atoms with van der Waals surface area (Å²) in [6, 6.07) is 11.7. The smallest absolute Gasteiger partial charge is 0.339 e. The van der Waals surface area contributed by atoms with Crippen LogP contribution in [-0.4, -0.2) is 15.0 Å². The van der Waals surface area contributed by atoms with Crippen molar-refractivity contribution in [3.05, 3.63) is 53.6 Å². The Hall–Kier alpha value is -2.01. The van der Waals surface area contributed by atoms with Crippen molar-refractivity contribution >= 4 is 10.1 Å². The quantitative estimate of drug-likeness (QED) is 0.758. The average Bonchev–Trinajstić information content (AvgIpc) is 2.44. The average molecular weight is 320 g/mol. The van der Waals surface area contributed by atoms with E-state index in [-0.39, 0.29) is 10.6 Å². The molecule has 2 aromatic rings. The van der Waals surface area contributed by atoms with Crippen molar-refractivity contribution in [1.29, 1.82) is 0 Å². The summed E-state index contributed by atoms with van der Waals surface area (Å²) < 4.78 is 35.3. The lowest BCUT2D eigenvalue weighted by Crippen LogP contribution is -2.10. The Balaban J connectivity index is 2.25. The summed E-state index contributed by atoms with van der Waals surface area (Å²) in [5.74, 6) is 0.864. The summed E-state index contributed by atoms with van der Waals surface area (Å²) in [5, 5.41) is 0. The third-order valence-corrected chi connectivity index (χ3v) is 4.27. The molecule has 0 saturated heterocycles. The van der Waals surface area contributed by atoms with Crippen LogP contribution in [0.15, 0.2) is 47.4 Å². The van der Waals surface area contributed by atoms with Crippen molar-refractivity contribution in [2.45, 2.75) is 32.1 Å². The van der Waals surface area contributed by atoms with Crippen LogP contribution < -0.4 is 8.92 Å². The van der Waals surface area contributed by atoms with Crippen LogP contribution in [-0.2, 0) is 10.1 Å². The van der Waals surface area contributed by atoms with Gasteiger partial charge in [-0.25, -0.2) is 0 Å². The van der Waals surface area contributed by atoms with E-state index in [0.717, 1.165) is 17.5 Å². The van der Waals surface area contributed by atoms with Crippen molar-refractivity contribution in [2.75, 3.05) is 6.61 Å². The normalized spacial score (nSPS) is 11.2. The van der Waals surface area contributed by atoms with Gasteiger partial charge < -0.3 is 8.92 Å². The first-order valence-corrected chi connectivity index (χ1v) is 8.57. The van der Waals surface area contributed by atoms with Crippen molar-refractivity contribution in [3.8, 4) is 11.5 Å². The van der Waals surface area contributed by atoms with E-state index < -0.39 is 10.1 Å². The van der Waals surface area contributed by atoms with Gasteiger partial charge in [0.05, 0.1) is 6.61 Å². The second-order valence-corrected chi connectivity index (χ2v) is 6.73. The molecule has 0 fully saturated rings. The molecule has 0 aliphatic heterocycles. The molecule has 4 nitrogen and oxygen atoms in total. The highest BCUT2D eigenvalue weighted by Gasteiger charge is 2.17. The zero-order valence-corrected chi connectivity index (χ0v) is 13.8. The van der Waals surface area contributed by atoms with E-state index in [0.29, 0.717) is 12.4 Å². The van der Waals surface area contributed by atoms with Crippen molar-refractivity contribution in [1.82, 2.24) is 0 Å². The van der Waals surface area contributed by atoms with E-state index in [2.05, 4.69) is 0 Å². The van der Waals surface area contributed by atoms with Gasteiger partial charge in [0.1, 0.15) is 16.4 Å². The van der Waals surface area contributed by atoms with E-state index >= 15 is 0 Å². The number of hydrogen-bond acceptors (Lipinski definition) is 4. The minimum atomic E-state index is -3.84. The summed E-state index contributed by atoms with van der Waals surface area (Å²) in [7, 11) is -3.84. The highest BCUT2D eigenvalue weighted by Crippen LogP contribution is 2.26. The predicted molar refractivity (Wildman–Crippen MR) is 86.0 cm³/mol. The topological polar surface area (TPSA) is 52.6 Å². The largest absolute Gasteiger partial charge is 0.493 e. The predicted octanol–water partition coefficient (Wildman–Crippen LogP) is 3.86. The number of aryl methyl sites for hydroxylation is 2. The Morgan fingerprint density at radius 2 is 1.55 bits per heavy atom. The summed E-state index contributed by atoms with van der Waals surface area (Å²) >= 11 is 0. The van der Waals surface area contributed by atoms with Gasteiger partial charge in [-0.15, -0.1) is 0 Å². The first kappa shape index (κ1) is 16.4. The van der Waals surface area contributed by atoms with Gasteiger partial charge in [0.15, 0.2) is 0 Å². The van der Waals surface area contributed by atoms with Crippen LogP contribution in [0.25, 0.3) is 0 Å². The molecule has 22 heavy (non-hydrogen) atoms. The Bertz CT molecular complexity index is 734. The zero-order chi connectivity index (χ0) is 16.2. The minimum Gasteiger partial charge on any atom is -0.493 e. The fourth-order valence-electron chi connectivity index (χ4n) is 1.95. The minimum absolute atomic E-state index is 0.135. The van der Waals surface area contributed by atoms with Crippen LogP contribution in [0.3, 0.4) is 0 Å². The highest BCUT2D eigenvalue weighted by atomic mass is 32.2. The van der Waals surface area contributed by atoms with Crippen LogP contribution in [0.4, 0.5) is 0 Å². The van der Waals surface area contributed by atoms with E-state index in [4.69, 9.17) is 8.92 Å². The second kappa shape index (κ2) is 6.83. The van der Waals surface area contributed by atoms with E-state index in [9.17, 15) is 8.42 Å². The lowest BCUT2D eigenvalue weighted by Gasteiger charge is -2.11. The Morgan fingerprint density at radius 1 is 0.909 bits per heavy atom. The van der Waals surface area contributed by atoms with Crippen LogP contribution in [0.5, 0.6) is 11.5 Å². The van der Waals surface area contributed by atoms with Gasteiger partial charge in [-0.1, -0.05) is 24.6 Å². The molecule has 2 aromatic carbocycles. The van der Waals surface area contributed by atoms with Gasteiger partial charge >= 0.3 is 10.1 Å². The molecular weight excluding hydrogens is 300 g/mol. The monoisotopic (exact) mass is 320 g/mol. The first-order chi connectivity index (χ1) is 10.4. The van der Waals surface area contributed by atoms with E-state index in [1.807, 2.05) is 26.8 Å². The van der Waals surface area contributed by atoms with Crippen molar-refractivity contribution in [3.63, 3.8) is 0 Å². The molecule has 0 aliphatic carbocycles. The lowest BCUT2D eigenvalue weighted by atomic mass is 10.2. The first-order valence-electron chi connectivity index (χ1n) is 7.16. The van der Waals surface area contributed by atoms with Crippen LogP contribution in [0.2, 0.25) is 0 Å². The molecule has 0 atom stereocenters. The number of benzene rings is 2. The maximum Gasteiger partial charge on any atom is 0.339 e. The van der Waals surface area contributed by atoms with Gasteiger partial charge in [0, 0.05) is 6.07 Å². The highest BCUT2D eigenvalue weighted by molar-refractivity contribution is 7.87.